The van der Waals surface area contributed by atoms with Crippen molar-refractivity contribution in [3.8, 4) is 0 Å². The van der Waals surface area contributed by atoms with Crippen molar-refractivity contribution >= 4 is 0 Å². The Labute approximate surface area is 82.9 Å². The third-order valence-electron chi connectivity index (χ3n) is 2.72. The van der Waals surface area contributed by atoms with Crippen LogP contribution in [0.2, 0.25) is 0 Å². The average molecular weight is 184 g/mol. The Morgan fingerprint density at radius 1 is 1.23 bits per heavy atom. The van der Waals surface area contributed by atoms with E-state index < -0.39 is 0 Å². The van der Waals surface area contributed by atoms with Crippen molar-refractivity contribution in [2.45, 2.75) is 40.2 Å². The fourth-order valence-corrected chi connectivity index (χ4v) is 2.13. The van der Waals surface area contributed by atoms with Crippen LogP contribution in [0.3, 0.4) is 0 Å². The smallest absolute Gasteiger partial charge is 0.0507 e. The molecule has 0 radical (unpaired) electrons. The molecule has 1 saturated heterocycles. The van der Waals surface area contributed by atoms with E-state index in [2.05, 4.69) is 44.5 Å². The Bertz CT molecular complexity index is 160. The van der Waals surface area contributed by atoms with Crippen LogP contribution in [0, 0.1) is 5.41 Å². The fourth-order valence-electron chi connectivity index (χ4n) is 2.13. The van der Waals surface area contributed by atoms with Crippen molar-refractivity contribution in [1.29, 1.82) is 0 Å². The van der Waals surface area contributed by atoms with Gasteiger partial charge in [-0.1, -0.05) is 20.8 Å². The van der Waals surface area contributed by atoms with Crippen LogP contribution in [0.5, 0.6) is 0 Å². The molecule has 1 aliphatic heterocycles. The van der Waals surface area contributed by atoms with E-state index in [1.165, 1.54) is 19.5 Å². The molecule has 1 heterocycles. The Kier molecular flexibility index (Phi) is 3.36. The molecule has 0 aromatic carbocycles. The van der Waals surface area contributed by atoms with Gasteiger partial charge in [0.1, 0.15) is 0 Å². The Morgan fingerprint density at radius 2 is 1.85 bits per heavy atom. The number of hydrogen-bond donors (Lipinski definition) is 0. The summed E-state index contributed by atoms with van der Waals surface area (Å²) in [7, 11) is 2.20. The molecule has 0 aromatic rings. The molecule has 1 unspecified atom stereocenters. The van der Waals surface area contributed by atoms with Crippen molar-refractivity contribution in [2.75, 3.05) is 26.8 Å². The molecule has 2 nitrogen and oxygen atoms in total. The highest BCUT2D eigenvalue weighted by atomic mass is 15.4. The third kappa shape index (κ3) is 3.65. The van der Waals surface area contributed by atoms with Crippen LogP contribution in [0.25, 0.3) is 0 Å². The highest BCUT2D eigenvalue weighted by Crippen LogP contribution is 2.24. The molecule has 0 spiro atoms. The van der Waals surface area contributed by atoms with Crippen LogP contribution in [0.1, 0.15) is 34.1 Å². The minimum absolute atomic E-state index is 0.459. The van der Waals surface area contributed by atoms with Gasteiger partial charge in [-0.25, -0.2) is 0 Å². The summed E-state index contributed by atoms with van der Waals surface area (Å²) in [6.07, 6.45) is 1.29. The summed E-state index contributed by atoms with van der Waals surface area (Å²) in [6.45, 7) is 12.9. The van der Waals surface area contributed by atoms with Gasteiger partial charge in [0.05, 0.1) is 6.67 Å². The predicted molar refractivity (Wildman–Crippen MR) is 57.7 cm³/mol. The summed E-state index contributed by atoms with van der Waals surface area (Å²) in [5, 5.41) is 0. The van der Waals surface area contributed by atoms with Crippen molar-refractivity contribution < 1.29 is 0 Å². The lowest BCUT2D eigenvalue weighted by atomic mass is 9.88. The Hall–Kier alpha value is -0.0800. The van der Waals surface area contributed by atoms with E-state index in [1.54, 1.807) is 0 Å². The number of rotatable bonds is 2. The van der Waals surface area contributed by atoms with E-state index in [0.717, 1.165) is 12.7 Å². The summed E-state index contributed by atoms with van der Waals surface area (Å²) in [5.41, 5.74) is 0.459. The molecule has 0 N–H and O–H groups in total. The quantitative estimate of drug-likeness (QED) is 0.648. The van der Waals surface area contributed by atoms with Crippen LogP contribution in [-0.4, -0.2) is 42.6 Å². The highest BCUT2D eigenvalue weighted by Gasteiger charge is 2.24. The van der Waals surface area contributed by atoms with Gasteiger partial charge in [-0.3, -0.25) is 9.80 Å². The number of likely N-dealkylation sites (N-methyl/N-ethyl adjacent to an activating group) is 1. The largest absolute Gasteiger partial charge is 0.292 e. The monoisotopic (exact) mass is 184 g/mol. The van der Waals surface area contributed by atoms with Crippen molar-refractivity contribution in [3.63, 3.8) is 0 Å². The topological polar surface area (TPSA) is 6.48 Å². The van der Waals surface area contributed by atoms with Crippen molar-refractivity contribution in [3.05, 3.63) is 0 Å². The molecule has 13 heavy (non-hydrogen) atoms. The number of nitrogens with zero attached hydrogens (tertiary/aromatic N) is 2. The van der Waals surface area contributed by atoms with Gasteiger partial charge >= 0.3 is 0 Å². The highest BCUT2D eigenvalue weighted by molar-refractivity contribution is 4.77. The maximum Gasteiger partial charge on any atom is 0.0507 e. The SMILES string of the molecule is CC(CC(C)(C)C)N1CCN(C)C1. The summed E-state index contributed by atoms with van der Waals surface area (Å²) in [5.74, 6) is 0. The van der Waals surface area contributed by atoms with Crippen molar-refractivity contribution in [1.82, 2.24) is 9.80 Å². The van der Waals surface area contributed by atoms with Crippen LogP contribution in [0.15, 0.2) is 0 Å². The van der Waals surface area contributed by atoms with Crippen LogP contribution in [0.4, 0.5) is 0 Å². The van der Waals surface area contributed by atoms with Crippen LogP contribution < -0.4 is 0 Å². The van der Waals surface area contributed by atoms with E-state index in [-0.39, 0.29) is 0 Å². The predicted octanol–water partition coefficient (Wildman–Crippen LogP) is 2.02. The first kappa shape index (κ1) is 11.0. The minimum atomic E-state index is 0.459. The molecule has 0 aliphatic carbocycles. The van der Waals surface area contributed by atoms with Crippen LogP contribution >= 0.6 is 0 Å². The maximum absolute atomic E-state index is 2.57. The zero-order valence-electron chi connectivity index (χ0n) is 9.80. The molecule has 0 amide bonds. The molecule has 0 bridgehead atoms. The van der Waals surface area contributed by atoms with Gasteiger partial charge in [-0.15, -0.1) is 0 Å². The molecule has 2 heteroatoms. The standard InChI is InChI=1S/C11H24N2/c1-10(8-11(2,3)4)13-7-6-12(5)9-13/h10H,6-9H2,1-5H3. The van der Waals surface area contributed by atoms with Gasteiger partial charge in [-0.05, 0) is 25.8 Å². The summed E-state index contributed by atoms with van der Waals surface area (Å²) in [4.78, 5) is 4.96. The first-order valence-corrected chi connectivity index (χ1v) is 5.31. The lowest BCUT2D eigenvalue weighted by molar-refractivity contribution is 0.170. The average Bonchev–Trinajstić information content (AvgIpc) is 2.31. The maximum atomic E-state index is 2.57. The van der Waals surface area contributed by atoms with Gasteiger partial charge < -0.3 is 0 Å². The zero-order chi connectivity index (χ0) is 10.1. The second kappa shape index (κ2) is 3.97. The fraction of sp³-hybridized carbons (Fsp3) is 1.00. The summed E-state index contributed by atoms with van der Waals surface area (Å²) >= 11 is 0. The van der Waals surface area contributed by atoms with Gasteiger partial charge in [0.2, 0.25) is 0 Å². The van der Waals surface area contributed by atoms with Crippen LogP contribution in [-0.2, 0) is 0 Å². The van der Waals surface area contributed by atoms with Gasteiger partial charge in [0, 0.05) is 19.1 Å². The van der Waals surface area contributed by atoms with Gasteiger partial charge in [-0.2, -0.15) is 0 Å². The molecule has 1 atom stereocenters. The normalized spacial score (nSPS) is 23.8. The lowest BCUT2D eigenvalue weighted by Crippen LogP contribution is -2.34. The van der Waals surface area contributed by atoms with Gasteiger partial charge in [0.25, 0.3) is 0 Å². The molecular weight excluding hydrogens is 160 g/mol. The Morgan fingerprint density at radius 3 is 2.23 bits per heavy atom. The molecule has 1 aliphatic rings. The molecule has 0 saturated carbocycles. The molecule has 1 fully saturated rings. The minimum Gasteiger partial charge on any atom is -0.292 e. The Balaban J connectivity index is 2.36. The first-order chi connectivity index (χ1) is 5.88. The van der Waals surface area contributed by atoms with Gasteiger partial charge in [0.15, 0.2) is 0 Å². The van der Waals surface area contributed by atoms with Crippen molar-refractivity contribution in [2.24, 2.45) is 5.41 Å². The summed E-state index contributed by atoms with van der Waals surface area (Å²) < 4.78 is 0. The molecule has 78 valence electrons. The second-order valence-electron chi connectivity index (χ2n) is 5.65. The van der Waals surface area contributed by atoms with E-state index in [9.17, 15) is 0 Å². The first-order valence-electron chi connectivity index (χ1n) is 5.31. The molecular formula is C11H24N2. The van der Waals surface area contributed by atoms with E-state index in [4.69, 9.17) is 0 Å². The second-order valence-corrected chi connectivity index (χ2v) is 5.65. The lowest BCUT2D eigenvalue weighted by Gasteiger charge is -2.30. The molecule has 1 rings (SSSR count). The summed E-state index contributed by atoms with van der Waals surface area (Å²) in [6, 6.07) is 0.727. The molecule has 0 aromatic heterocycles. The number of hydrogen-bond acceptors (Lipinski definition) is 2. The van der Waals surface area contributed by atoms with E-state index in [0.29, 0.717) is 5.41 Å². The zero-order valence-corrected chi connectivity index (χ0v) is 9.80. The van der Waals surface area contributed by atoms with E-state index >= 15 is 0 Å². The third-order valence-corrected chi connectivity index (χ3v) is 2.72. The van der Waals surface area contributed by atoms with E-state index in [1.807, 2.05) is 0 Å².